The number of nitrogens with one attached hydrogen (secondary N) is 2. The maximum atomic E-state index is 13.3. The molecule has 2 N–H and O–H groups in total. The Morgan fingerprint density at radius 1 is 1.09 bits per heavy atom. The number of hydrogen-bond donors (Lipinski definition) is 2. The molecule has 1 aliphatic carbocycles. The molecule has 2 heterocycles. The number of aromatic nitrogens is 5. The summed E-state index contributed by atoms with van der Waals surface area (Å²) in [6, 6.07) is 20.8. The molecule has 0 radical (unpaired) electrons. The summed E-state index contributed by atoms with van der Waals surface area (Å²) in [5, 5.41) is 18.1. The zero-order chi connectivity index (χ0) is 30.5. The third-order valence-electron chi connectivity index (χ3n) is 8.06. The number of fused-ring (bicyclic) bond motifs is 1. The maximum absolute atomic E-state index is 13.3. The molecule has 0 amide bonds. The molecule has 1 aliphatic rings. The fourth-order valence-corrected chi connectivity index (χ4v) is 6.28. The minimum absolute atomic E-state index is 0.253. The van der Waals surface area contributed by atoms with Gasteiger partial charge in [0.25, 0.3) is 0 Å². The van der Waals surface area contributed by atoms with E-state index in [1.54, 1.807) is 11.6 Å². The molecular weight excluding hydrogens is 644 g/mol. The molecule has 9 nitrogen and oxygen atoms in total. The van der Waals surface area contributed by atoms with Crippen molar-refractivity contribution in [2.24, 2.45) is 5.92 Å². The van der Waals surface area contributed by atoms with Gasteiger partial charge in [0.1, 0.15) is 18.1 Å². The summed E-state index contributed by atoms with van der Waals surface area (Å²) in [5.74, 6) is 1.39. The van der Waals surface area contributed by atoms with Gasteiger partial charge in [0.2, 0.25) is 0 Å². The highest BCUT2D eigenvalue weighted by molar-refractivity contribution is 9.10. The van der Waals surface area contributed by atoms with Gasteiger partial charge in [-0.2, -0.15) is 4.68 Å². The van der Waals surface area contributed by atoms with Crippen LogP contribution in [0.3, 0.4) is 0 Å². The summed E-state index contributed by atoms with van der Waals surface area (Å²) >= 11 is 9.81. The van der Waals surface area contributed by atoms with Crippen molar-refractivity contribution in [2.45, 2.75) is 51.7 Å². The fourth-order valence-electron chi connectivity index (χ4n) is 5.84. The molecule has 1 saturated carbocycles. The van der Waals surface area contributed by atoms with E-state index in [4.69, 9.17) is 21.1 Å². The van der Waals surface area contributed by atoms with Gasteiger partial charge in [-0.1, -0.05) is 65.0 Å². The highest BCUT2D eigenvalue weighted by atomic mass is 79.9. The molecule has 0 saturated heterocycles. The van der Waals surface area contributed by atoms with E-state index in [1.807, 2.05) is 66.7 Å². The van der Waals surface area contributed by atoms with Gasteiger partial charge >= 0.3 is 5.97 Å². The molecule has 0 bridgehead atoms. The molecule has 228 valence electrons. The number of aromatic amines is 1. The van der Waals surface area contributed by atoms with Gasteiger partial charge in [-0.3, -0.25) is 0 Å². The second kappa shape index (κ2) is 13.9. The SMILES string of the molecule is CCOC(=O)c1[nH]c2cc(Cl)ccc2c1C(NCC1CCCCC1)c1nnnn1-c1ccc(OCc2ccc(Br)cc2)cc1. The molecule has 6 rings (SSSR count). The van der Waals surface area contributed by atoms with Crippen molar-refractivity contribution in [1.29, 1.82) is 0 Å². The Morgan fingerprint density at radius 3 is 2.61 bits per heavy atom. The Labute approximate surface area is 269 Å². The number of ether oxygens (including phenoxy) is 2. The summed E-state index contributed by atoms with van der Waals surface area (Å²) in [6.07, 6.45) is 6.06. The van der Waals surface area contributed by atoms with Crippen LogP contribution < -0.4 is 10.1 Å². The molecule has 3 aromatic carbocycles. The van der Waals surface area contributed by atoms with Crippen molar-refractivity contribution in [1.82, 2.24) is 30.5 Å². The Kier molecular flexibility index (Phi) is 9.59. The van der Waals surface area contributed by atoms with Gasteiger partial charge in [-0.25, -0.2) is 4.79 Å². The van der Waals surface area contributed by atoms with Gasteiger partial charge in [-0.15, -0.1) is 5.10 Å². The molecule has 0 aliphatic heterocycles. The number of rotatable bonds is 11. The lowest BCUT2D eigenvalue weighted by Crippen LogP contribution is -2.32. The number of benzene rings is 3. The van der Waals surface area contributed by atoms with Crippen LogP contribution in [-0.4, -0.2) is 44.3 Å². The highest BCUT2D eigenvalue weighted by Crippen LogP contribution is 2.35. The monoisotopic (exact) mass is 676 g/mol. The Hall–Kier alpha value is -3.73. The number of hydrogen-bond acceptors (Lipinski definition) is 7. The minimum Gasteiger partial charge on any atom is -0.489 e. The second-order valence-corrected chi connectivity index (χ2v) is 12.4. The van der Waals surface area contributed by atoms with Crippen LogP contribution >= 0.6 is 27.5 Å². The van der Waals surface area contributed by atoms with Gasteiger partial charge in [-0.05, 0) is 96.7 Å². The average Bonchev–Trinajstić information content (AvgIpc) is 3.67. The van der Waals surface area contributed by atoms with Gasteiger partial charge in [0.15, 0.2) is 5.82 Å². The van der Waals surface area contributed by atoms with Gasteiger partial charge in [0, 0.05) is 26.0 Å². The summed E-state index contributed by atoms with van der Waals surface area (Å²) in [5.41, 5.74) is 3.68. The fraction of sp³-hybridized carbons (Fsp3) is 0.333. The van der Waals surface area contributed by atoms with Crippen LogP contribution in [0.5, 0.6) is 5.75 Å². The van der Waals surface area contributed by atoms with Crippen LogP contribution in [0, 0.1) is 5.92 Å². The summed E-state index contributed by atoms with van der Waals surface area (Å²) in [4.78, 5) is 16.6. The number of esters is 1. The number of nitrogens with zero attached hydrogens (tertiary/aromatic N) is 4. The Bertz CT molecular complexity index is 1710. The number of halogens is 2. The van der Waals surface area contributed by atoms with E-state index >= 15 is 0 Å². The molecule has 44 heavy (non-hydrogen) atoms. The largest absolute Gasteiger partial charge is 0.489 e. The molecule has 1 fully saturated rings. The van der Waals surface area contributed by atoms with Crippen LogP contribution in [0.1, 0.15) is 72.5 Å². The van der Waals surface area contributed by atoms with E-state index < -0.39 is 12.0 Å². The van der Waals surface area contributed by atoms with Crippen LogP contribution in [0.15, 0.2) is 71.2 Å². The molecule has 1 atom stereocenters. The third-order valence-corrected chi connectivity index (χ3v) is 8.82. The Morgan fingerprint density at radius 2 is 1.86 bits per heavy atom. The van der Waals surface area contributed by atoms with E-state index in [1.165, 1.54) is 32.1 Å². The predicted molar refractivity (Wildman–Crippen MR) is 173 cm³/mol. The lowest BCUT2D eigenvalue weighted by Gasteiger charge is -2.25. The lowest BCUT2D eigenvalue weighted by atomic mass is 9.89. The van der Waals surface area contributed by atoms with E-state index in [0.29, 0.717) is 29.1 Å². The lowest BCUT2D eigenvalue weighted by molar-refractivity contribution is 0.0518. The summed E-state index contributed by atoms with van der Waals surface area (Å²) < 4.78 is 14.2. The highest BCUT2D eigenvalue weighted by Gasteiger charge is 2.31. The molecular formula is C33H34BrClN6O3. The van der Waals surface area contributed by atoms with E-state index in [0.717, 1.165) is 44.5 Å². The van der Waals surface area contributed by atoms with E-state index in [9.17, 15) is 4.79 Å². The van der Waals surface area contributed by atoms with Gasteiger partial charge in [0.05, 0.1) is 18.3 Å². The van der Waals surface area contributed by atoms with Crippen molar-refractivity contribution in [3.63, 3.8) is 0 Å². The van der Waals surface area contributed by atoms with Crippen molar-refractivity contribution in [2.75, 3.05) is 13.2 Å². The summed E-state index contributed by atoms with van der Waals surface area (Å²) in [6.45, 7) is 3.27. The standard InChI is InChI=1S/C33H34BrClN6O3/c1-2-43-33(42)31-29(27-17-12-24(35)18-28(27)37-31)30(36-19-21-6-4-3-5-7-21)32-38-39-40-41(32)25-13-15-26(16-14-25)44-20-22-8-10-23(34)11-9-22/h8-18,21,30,36-37H,2-7,19-20H2,1H3. The van der Waals surface area contributed by atoms with Gasteiger partial charge < -0.3 is 19.8 Å². The number of tetrazole rings is 1. The maximum Gasteiger partial charge on any atom is 0.355 e. The minimum atomic E-state index is -0.505. The molecule has 1 unspecified atom stereocenters. The quantitative estimate of drug-likeness (QED) is 0.139. The van der Waals surface area contributed by atoms with Crippen molar-refractivity contribution < 1.29 is 14.3 Å². The third kappa shape index (κ3) is 6.82. The van der Waals surface area contributed by atoms with E-state index in [2.05, 4.69) is 41.8 Å². The van der Waals surface area contributed by atoms with Crippen LogP contribution in [0.25, 0.3) is 16.6 Å². The van der Waals surface area contributed by atoms with Crippen LogP contribution in [0.4, 0.5) is 0 Å². The first-order valence-corrected chi connectivity index (χ1v) is 16.1. The first-order valence-electron chi connectivity index (χ1n) is 15.0. The smallest absolute Gasteiger partial charge is 0.355 e. The normalized spacial score (nSPS) is 14.5. The second-order valence-electron chi connectivity index (χ2n) is 11.0. The molecule has 2 aromatic heterocycles. The van der Waals surface area contributed by atoms with Crippen LogP contribution in [-0.2, 0) is 11.3 Å². The molecule has 0 spiro atoms. The van der Waals surface area contributed by atoms with Crippen LogP contribution in [0.2, 0.25) is 5.02 Å². The number of H-pyrrole nitrogens is 1. The zero-order valence-electron chi connectivity index (χ0n) is 24.4. The Balaban J connectivity index is 1.35. The topological polar surface area (TPSA) is 107 Å². The zero-order valence-corrected chi connectivity index (χ0v) is 26.8. The van der Waals surface area contributed by atoms with Crippen molar-refractivity contribution >= 4 is 44.4 Å². The number of carbonyl (C=O) groups is 1. The van der Waals surface area contributed by atoms with Crippen molar-refractivity contribution in [3.05, 3.63) is 98.9 Å². The number of carbonyl (C=O) groups excluding carboxylic acids is 1. The molecule has 11 heteroatoms. The average molecular weight is 678 g/mol. The molecule has 5 aromatic rings. The predicted octanol–water partition coefficient (Wildman–Crippen LogP) is 7.57. The van der Waals surface area contributed by atoms with Crippen molar-refractivity contribution in [3.8, 4) is 11.4 Å². The summed E-state index contributed by atoms with van der Waals surface area (Å²) in [7, 11) is 0. The van der Waals surface area contributed by atoms with E-state index in [-0.39, 0.29) is 6.61 Å². The first kappa shape index (κ1) is 30.3. The first-order chi connectivity index (χ1) is 21.5.